The van der Waals surface area contributed by atoms with E-state index in [-0.39, 0.29) is 0 Å². The van der Waals surface area contributed by atoms with E-state index < -0.39 is 0 Å². The van der Waals surface area contributed by atoms with Crippen molar-refractivity contribution in [2.45, 2.75) is 6.92 Å². The highest BCUT2D eigenvalue weighted by molar-refractivity contribution is 9.10. The summed E-state index contributed by atoms with van der Waals surface area (Å²) in [5.41, 5.74) is 3.32. The fraction of sp³-hybridized carbons (Fsp3) is 0.154. The maximum absolute atomic E-state index is 5.35. The van der Waals surface area contributed by atoms with Crippen molar-refractivity contribution in [3.05, 3.63) is 46.7 Å². The topological polar surface area (TPSA) is 22.1 Å². The Kier molecular flexibility index (Phi) is 3.25. The van der Waals surface area contributed by atoms with Gasteiger partial charge in [-0.15, -0.1) is 0 Å². The average Bonchev–Trinajstić information content (AvgIpc) is 2.33. The van der Waals surface area contributed by atoms with E-state index in [2.05, 4.69) is 27.8 Å². The molecule has 1 heterocycles. The number of para-hydroxylation sites is 1. The molecule has 0 radical (unpaired) electrons. The second-order valence-electron chi connectivity index (χ2n) is 3.49. The molecule has 0 N–H and O–H groups in total. The molecule has 82 valence electrons. The first-order valence-electron chi connectivity index (χ1n) is 4.97. The Morgan fingerprint density at radius 3 is 2.62 bits per heavy atom. The fourth-order valence-electron chi connectivity index (χ4n) is 1.64. The molecular formula is C13H12BrNO. The summed E-state index contributed by atoms with van der Waals surface area (Å²) in [5.74, 6) is 0.866. The van der Waals surface area contributed by atoms with E-state index in [1.807, 2.05) is 30.5 Å². The second-order valence-corrected chi connectivity index (χ2v) is 4.35. The van der Waals surface area contributed by atoms with E-state index in [0.717, 1.165) is 21.3 Å². The fourth-order valence-corrected chi connectivity index (χ4v) is 1.97. The number of hydrogen-bond acceptors (Lipinski definition) is 2. The van der Waals surface area contributed by atoms with Crippen LogP contribution in [-0.2, 0) is 0 Å². The van der Waals surface area contributed by atoms with E-state index in [4.69, 9.17) is 4.74 Å². The van der Waals surface area contributed by atoms with Gasteiger partial charge in [0.2, 0.25) is 0 Å². The molecule has 0 amide bonds. The third-order valence-corrected chi connectivity index (χ3v) is 3.35. The number of pyridine rings is 1. The van der Waals surface area contributed by atoms with Gasteiger partial charge in [-0.1, -0.05) is 18.2 Å². The molecule has 0 aliphatic rings. The lowest BCUT2D eigenvalue weighted by Crippen LogP contribution is -1.91. The van der Waals surface area contributed by atoms with Gasteiger partial charge in [-0.3, -0.25) is 4.98 Å². The van der Waals surface area contributed by atoms with Crippen molar-refractivity contribution < 1.29 is 4.74 Å². The molecule has 16 heavy (non-hydrogen) atoms. The lowest BCUT2D eigenvalue weighted by molar-refractivity contribution is 0.416. The van der Waals surface area contributed by atoms with Crippen molar-refractivity contribution in [3.8, 4) is 16.9 Å². The van der Waals surface area contributed by atoms with Gasteiger partial charge >= 0.3 is 0 Å². The summed E-state index contributed by atoms with van der Waals surface area (Å²) in [6.07, 6.45) is 3.66. The van der Waals surface area contributed by atoms with Gasteiger partial charge in [-0.05, 0) is 34.5 Å². The van der Waals surface area contributed by atoms with Crippen molar-refractivity contribution in [1.82, 2.24) is 4.98 Å². The van der Waals surface area contributed by atoms with E-state index in [0.29, 0.717) is 0 Å². The summed E-state index contributed by atoms with van der Waals surface area (Å²) in [5, 5.41) is 0. The smallest absolute Gasteiger partial charge is 0.126 e. The Balaban J connectivity index is 2.63. The molecule has 0 aliphatic heterocycles. The van der Waals surface area contributed by atoms with Gasteiger partial charge in [-0.25, -0.2) is 0 Å². The molecule has 0 saturated carbocycles. The van der Waals surface area contributed by atoms with Crippen LogP contribution in [0.25, 0.3) is 11.1 Å². The first kappa shape index (κ1) is 11.1. The molecule has 0 fully saturated rings. The maximum Gasteiger partial charge on any atom is 0.126 e. The Labute approximate surface area is 103 Å². The van der Waals surface area contributed by atoms with E-state index in [1.165, 1.54) is 5.56 Å². The molecular weight excluding hydrogens is 266 g/mol. The molecule has 2 rings (SSSR count). The van der Waals surface area contributed by atoms with Crippen LogP contribution in [0.2, 0.25) is 0 Å². The average molecular weight is 278 g/mol. The van der Waals surface area contributed by atoms with Crippen molar-refractivity contribution >= 4 is 15.9 Å². The normalized spacial score (nSPS) is 10.2. The maximum atomic E-state index is 5.35. The number of hydrogen-bond donors (Lipinski definition) is 0. The van der Waals surface area contributed by atoms with Crippen molar-refractivity contribution in [1.29, 1.82) is 0 Å². The van der Waals surface area contributed by atoms with Crippen molar-refractivity contribution in [3.63, 3.8) is 0 Å². The highest BCUT2D eigenvalue weighted by atomic mass is 79.9. The third-order valence-electron chi connectivity index (χ3n) is 2.55. The lowest BCUT2D eigenvalue weighted by Gasteiger charge is -2.11. The number of rotatable bonds is 2. The molecule has 1 aromatic heterocycles. The second kappa shape index (κ2) is 4.66. The zero-order valence-electron chi connectivity index (χ0n) is 9.20. The molecule has 0 unspecified atom stereocenters. The minimum absolute atomic E-state index is 0.866. The first-order valence-corrected chi connectivity index (χ1v) is 5.77. The van der Waals surface area contributed by atoms with Crippen LogP contribution in [-0.4, -0.2) is 12.1 Å². The summed E-state index contributed by atoms with van der Waals surface area (Å²) >= 11 is 3.49. The minimum atomic E-state index is 0.866. The van der Waals surface area contributed by atoms with Crippen LogP contribution >= 0.6 is 15.9 Å². The summed E-state index contributed by atoms with van der Waals surface area (Å²) in [4.78, 5) is 4.19. The van der Waals surface area contributed by atoms with Gasteiger partial charge in [0.25, 0.3) is 0 Å². The third kappa shape index (κ3) is 1.95. The van der Waals surface area contributed by atoms with Gasteiger partial charge in [0.15, 0.2) is 0 Å². The Hall–Kier alpha value is -1.35. The van der Waals surface area contributed by atoms with Gasteiger partial charge in [0.1, 0.15) is 5.75 Å². The van der Waals surface area contributed by atoms with E-state index in [9.17, 15) is 0 Å². The van der Waals surface area contributed by atoms with Crippen LogP contribution in [0.15, 0.2) is 41.1 Å². The number of aromatic nitrogens is 1. The Morgan fingerprint density at radius 1 is 1.12 bits per heavy atom. The summed E-state index contributed by atoms with van der Waals surface area (Å²) in [6, 6.07) is 7.95. The van der Waals surface area contributed by atoms with Crippen LogP contribution in [0.4, 0.5) is 0 Å². The summed E-state index contributed by atoms with van der Waals surface area (Å²) in [6.45, 7) is 2.06. The zero-order valence-corrected chi connectivity index (χ0v) is 10.8. The number of methoxy groups -OCH3 is 1. The molecule has 0 spiro atoms. The Morgan fingerprint density at radius 2 is 1.88 bits per heavy atom. The van der Waals surface area contributed by atoms with E-state index in [1.54, 1.807) is 13.3 Å². The first-order chi connectivity index (χ1) is 7.74. The van der Waals surface area contributed by atoms with Gasteiger partial charge < -0.3 is 4.74 Å². The highest BCUT2D eigenvalue weighted by Gasteiger charge is 2.09. The Bertz CT molecular complexity index is 511. The number of halogens is 1. The summed E-state index contributed by atoms with van der Waals surface area (Å²) in [7, 11) is 1.68. The van der Waals surface area contributed by atoms with Gasteiger partial charge in [0, 0.05) is 28.0 Å². The highest BCUT2D eigenvalue weighted by Crippen LogP contribution is 2.33. The molecule has 2 aromatic rings. The minimum Gasteiger partial charge on any atom is -0.496 e. The summed E-state index contributed by atoms with van der Waals surface area (Å²) < 4.78 is 6.36. The molecule has 0 saturated heterocycles. The quantitative estimate of drug-likeness (QED) is 0.833. The van der Waals surface area contributed by atoms with Crippen LogP contribution in [0.1, 0.15) is 5.56 Å². The zero-order chi connectivity index (χ0) is 11.5. The molecule has 3 heteroatoms. The predicted molar refractivity (Wildman–Crippen MR) is 68.7 cm³/mol. The van der Waals surface area contributed by atoms with Crippen LogP contribution in [0.5, 0.6) is 5.75 Å². The molecule has 2 nitrogen and oxygen atoms in total. The largest absolute Gasteiger partial charge is 0.496 e. The van der Waals surface area contributed by atoms with Crippen molar-refractivity contribution in [2.75, 3.05) is 7.11 Å². The van der Waals surface area contributed by atoms with Crippen molar-refractivity contribution in [2.24, 2.45) is 0 Å². The predicted octanol–water partition coefficient (Wildman–Crippen LogP) is 3.83. The lowest BCUT2D eigenvalue weighted by atomic mass is 10.0. The van der Waals surface area contributed by atoms with Gasteiger partial charge in [0.05, 0.1) is 7.11 Å². The standard InChI is InChI=1S/C13H12BrNO/c1-9-11(7-15-8-12(9)14)10-5-3-4-6-13(10)16-2/h3-8H,1-2H3. The monoisotopic (exact) mass is 277 g/mol. The number of benzene rings is 1. The SMILES string of the molecule is COc1ccccc1-c1cncc(Br)c1C. The van der Waals surface area contributed by atoms with Crippen LogP contribution in [0, 0.1) is 6.92 Å². The molecule has 1 aromatic carbocycles. The molecule has 0 atom stereocenters. The van der Waals surface area contributed by atoms with E-state index >= 15 is 0 Å². The van der Waals surface area contributed by atoms with Gasteiger partial charge in [-0.2, -0.15) is 0 Å². The van der Waals surface area contributed by atoms with Crippen LogP contribution in [0.3, 0.4) is 0 Å². The number of ether oxygens (including phenoxy) is 1. The van der Waals surface area contributed by atoms with Crippen LogP contribution < -0.4 is 4.74 Å². The molecule has 0 bridgehead atoms. The number of nitrogens with zero attached hydrogens (tertiary/aromatic N) is 1. The molecule has 0 aliphatic carbocycles.